The maximum Gasteiger partial charge on any atom is 0.137 e. The molecule has 4 heteroatoms. The summed E-state index contributed by atoms with van der Waals surface area (Å²) in [5.41, 5.74) is 10.00. The zero-order valence-electron chi connectivity index (χ0n) is 26.9. The summed E-state index contributed by atoms with van der Waals surface area (Å²) in [4.78, 5) is 2.37. The number of hydrogen-bond donors (Lipinski definition) is 0. The van der Waals surface area contributed by atoms with Gasteiger partial charge < -0.3 is 18.3 Å². The van der Waals surface area contributed by atoms with Crippen LogP contribution in [0.25, 0.3) is 82.1 Å². The Morgan fingerprint density at radius 3 is 1.90 bits per heavy atom. The van der Waals surface area contributed by atoms with Gasteiger partial charge in [-0.2, -0.15) is 0 Å². The molecule has 0 fully saturated rings. The fourth-order valence-corrected chi connectivity index (χ4v) is 7.90. The van der Waals surface area contributed by atoms with E-state index in [0.29, 0.717) is 0 Å². The SMILES string of the molecule is c1ccc(-n2c3ccccc3c3cccc(N(c4ccc5c(c4)oc4cc6ccccc6cc45)c4ccc5oc6ccccc6c5c4)c32)cc1. The fraction of sp³-hybridized carbons (Fsp3) is 0. The Bertz CT molecular complexity index is 3110. The molecule has 11 rings (SSSR count). The van der Waals surface area contributed by atoms with Crippen molar-refractivity contribution in [3.05, 3.63) is 170 Å². The summed E-state index contributed by atoms with van der Waals surface area (Å²) in [6.07, 6.45) is 0. The summed E-state index contributed by atoms with van der Waals surface area (Å²) >= 11 is 0. The molecule has 3 heterocycles. The zero-order chi connectivity index (χ0) is 32.8. The molecule has 0 aliphatic carbocycles. The lowest BCUT2D eigenvalue weighted by Crippen LogP contribution is -2.11. The maximum atomic E-state index is 6.62. The van der Waals surface area contributed by atoms with Crippen molar-refractivity contribution in [2.24, 2.45) is 0 Å². The lowest BCUT2D eigenvalue weighted by atomic mass is 10.1. The van der Waals surface area contributed by atoms with E-state index >= 15 is 0 Å². The monoisotopic (exact) mass is 640 g/mol. The lowest BCUT2D eigenvalue weighted by molar-refractivity contribution is 0.668. The smallest absolute Gasteiger partial charge is 0.137 e. The summed E-state index contributed by atoms with van der Waals surface area (Å²) in [6, 6.07) is 60.2. The standard InChI is InChI=1S/C46H28N2O2/c1-2-13-31(14-3-1)48-40-18-8-6-15-34(40)37-17-10-19-41(46(37)48)47(32-22-24-43-39(27-32)35-16-7-9-20-42(35)49-43)33-21-23-36-38-25-29-11-4-5-12-30(29)26-44(38)50-45(36)28-33/h1-28H. The zero-order valence-corrected chi connectivity index (χ0v) is 26.9. The van der Waals surface area contributed by atoms with Gasteiger partial charge in [0.15, 0.2) is 0 Å². The second kappa shape index (κ2) is 10.4. The largest absolute Gasteiger partial charge is 0.456 e. The van der Waals surface area contributed by atoms with Crippen molar-refractivity contribution in [1.82, 2.24) is 4.57 Å². The minimum Gasteiger partial charge on any atom is -0.456 e. The molecule has 0 aliphatic heterocycles. The highest BCUT2D eigenvalue weighted by Gasteiger charge is 2.23. The van der Waals surface area contributed by atoms with Crippen LogP contribution in [-0.2, 0) is 0 Å². The van der Waals surface area contributed by atoms with Crippen LogP contribution < -0.4 is 4.90 Å². The molecule has 11 aromatic rings. The Hall–Kier alpha value is -6.78. The van der Waals surface area contributed by atoms with E-state index in [2.05, 4.69) is 167 Å². The molecule has 0 bridgehead atoms. The minimum absolute atomic E-state index is 0.850. The number of nitrogens with zero attached hydrogens (tertiary/aromatic N) is 2. The molecule has 0 atom stereocenters. The summed E-state index contributed by atoms with van der Waals surface area (Å²) < 4.78 is 15.3. The molecule has 8 aromatic carbocycles. The van der Waals surface area contributed by atoms with Gasteiger partial charge in [0, 0.05) is 55.4 Å². The van der Waals surface area contributed by atoms with Crippen molar-refractivity contribution in [2.45, 2.75) is 0 Å². The second-order valence-electron chi connectivity index (χ2n) is 13.0. The Morgan fingerprint density at radius 1 is 0.380 bits per heavy atom. The molecular formula is C46H28N2O2. The molecule has 0 aliphatic rings. The summed E-state index contributed by atoms with van der Waals surface area (Å²) in [6.45, 7) is 0. The van der Waals surface area contributed by atoms with Crippen LogP contribution in [0.4, 0.5) is 17.1 Å². The number of para-hydroxylation sites is 4. The van der Waals surface area contributed by atoms with Gasteiger partial charge in [0.25, 0.3) is 0 Å². The highest BCUT2D eigenvalue weighted by Crippen LogP contribution is 2.46. The Balaban J connectivity index is 1.23. The molecule has 4 nitrogen and oxygen atoms in total. The van der Waals surface area contributed by atoms with E-state index < -0.39 is 0 Å². The van der Waals surface area contributed by atoms with Crippen LogP contribution >= 0.6 is 0 Å². The molecular weight excluding hydrogens is 613 g/mol. The van der Waals surface area contributed by atoms with Gasteiger partial charge in [-0.25, -0.2) is 0 Å². The normalized spacial score (nSPS) is 12.0. The molecule has 0 radical (unpaired) electrons. The van der Waals surface area contributed by atoms with Gasteiger partial charge in [-0.15, -0.1) is 0 Å². The summed E-state index contributed by atoms with van der Waals surface area (Å²) in [5.74, 6) is 0. The molecule has 0 N–H and O–H groups in total. The van der Waals surface area contributed by atoms with Gasteiger partial charge in [-0.05, 0) is 83.6 Å². The lowest BCUT2D eigenvalue weighted by Gasteiger charge is -2.27. The molecule has 234 valence electrons. The van der Waals surface area contributed by atoms with Crippen molar-refractivity contribution in [3.8, 4) is 5.69 Å². The van der Waals surface area contributed by atoms with Crippen molar-refractivity contribution in [1.29, 1.82) is 0 Å². The van der Waals surface area contributed by atoms with Crippen LogP contribution in [0.15, 0.2) is 179 Å². The summed E-state index contributed by atoms with van der Waals surface area (Å²) in [5, 5.41) is 9.17. The van der Waals surface area contributed by atoms with E-state index in [1.807, 2.05) is 12.1 Å². The van der Waals surface area contributed by atoms with Gasteiger partial charge in [0.2, 0.25) is 0 Å². The third kappa shape index (κ3) is 3.93. The fourth-order valence-electron chi connectivity index (χ4n) is 7.90. The predicted octanol–water partition coefficient (Wildman–Crippen LogP) is 13.2. The van der Waals surface area contributed by atoms with E-state index in [4.69, 9.17) is 8.83 Å². The average molecular weight is 641 g/mol. The van der Waals surface area contributed by atoms with Crippen LogP contribution in [0, 0.1) is 0 Å². The number of hydrogen-bond acceptors (Lipinski definition) is 3. The van der Waals surface area contributed by atoms with Crippen LogP contribution in [-0.4, -0.2) is 4.57 Å². The highest BCUT2D eigenvalue weighted by atomic mass is 16.3. The number of furan rings is 2. The number of rotatable bonds is 4. The van der Waals surface area contributed by atoms with Gasteiger partial charge in [-0.1, -0.05) is 91.0 Å². The van der Waals surface area contributed by atoms with E-state index in [-0.39, 0.29) is 0 Å². The van der Waals surface area contributed by atoms with E-state index in [1.165, 1.54) is 21.5 Å². The number of benzene rings is 8. The first kappa shape index (κ1) is 27.2. The first-order valence-corrected chi connectivity index (χ1v) is 16.9. The number of aromatic nitrogens is 1. The van der Waals surface area contributed by atoms with Gasteiger partial charge in [0.1, 0.15) is 22.3 Å². The van der Waals surface area contributed by atoms with Crippen molar-refractivity contribution in [2.75, 3.05) is 4.90 Å². The van der Waals surface area contributed by atoms with Gasteiger partial charge in [-0.3, -0.25) is 0 Å². The summed E-state index contributed by atoms with van der Waals surface area (Å²) in [7, 11) is 0. The van der Waals surface area contributed by atoms with Crippen LogP contribution in [0.5, 0.6) is 0 Å². The first-order chi connectivity index (χ1) is 24.8. The minimum atomic E-state index is 0.850. The second-order valence-corrected chi connectivity index (χ2v) is 13.0. The van der Waals surface area contributed by atoms with Crippen molar-refractivity contribution >= 4 is 93.5 Å². The number of fused-ring (bicyclic) bond motifs is 10. The van der Waals surface area contributed by atoms with Crippen LogP contribution in [0.1, 0.15) is 0 Å². The van der Waals surface area contributed by atoms with Crippen LogP contribution in [0.2, 0.25) is 0 Å². The van der Waals surface area contributed by atoms with Crippen molar-refractivity contribution < 1.29 is 8.83 Å². The molecule has 50 heavy (non-hydrogen) atoms. The van der Waals surface area contributed by atoms with E-state index in [1.54, 1.807) is 0 Å². The molecule has 3 aromatic heterocycles. The van der Waals surface area contributed by atoms with E-state index in [9.17, 15) is 0 Å². The van der Waals surface area contributed by atoms with E-state index in [0.717, 1.165) is 77.7 Å². The van der Waals surface area contributed by atoms with Crippen LogP contribution in [0.3, 0.4) is 0 Å². The number of anilines is 3. The quantitative estimate of drug-likeness (QED) is 0.192. The molecule has 0 amide bonds. The third-order valence-corrected chi connectivity index (χ3v) is 10.1. The maximum absolute atomic E-state index is 6.62. The Kier molecular flexibility index (Phi) is 5.63. The molecule has 0 saturated carbocycles. The average Bonchev–Trinajstić information content (AvgIpc) is 3.83. The topological polar surface area (TPSA) is 34.5 Å². The van der Waals surface area contributed by atoms with Crippen molar-refractivity contribution in [3.63, 3.8) is 0 Å². The Morgan fingerprint density at radius 2 is 1.00 bits per heavy atom. The molecule has 0 spiro atoms. The van der Waals surface area contributed by atoms with Gasteiger partial charge in [0.05, 0.1) is 16.7 Å². The Labute approximate surface area is 286 Å². The third-order valence-electron chi connectivity index (χ3n) is 10.1. The molecule has 0 unspecified atom stereocenters. The first-order valence-electron chi connectivity index (χ1n) is 16.9. The highest BCUT2D eigenvalue weighted by molar-refractivity contribution is 6.16. The molecule has 0 saturated heterocycles. The van der Waals surface area contributed by atoms with Gasteiger partial charge >= 0.3 is 0 Å². The predicted molar refractivity (Wildman–Crippen MR) is 208 cm³/mol.